The number of nitrogens with one attached hydrogen (secondary N) is 1. The molecule has 0 bridgehead atoms. The van der Waals surface area contributed by atoms with Gasteiger partial charge in [0.25, 0.3) is 5.91 Å². The highest BCUT2D eigenvalue weighted by atomic mass is 79.9. The lowest BCUT2D eigenvalue weighted by Gasteiger charge is -2.03. The van der Waals surface area contributed by atoms with Crippen LogP contribution in [-0.2, 0) is 11.8 Å². The molecule has 3 aromatic rings. The fourth-order valence-electron chi connectivity index (χ4n) is 2.29. The average molecular weight is 453 g/mol. The van der Waals surface area contributed by atoms with E-state index in [0.717, 1.165) is 36.3 Å². The quantitative estimate of drug-likeness (QED) is 0.348. The molecule has 0 aliphatic rings. The molecule has 0 aliphatic heterocycles. The molecule has 1 amide bonds. The second-order valence-electron chi connectivity index (χ2n) is 5.43. The standard InChI is InChI=1S/C17H17BrN4O2S2/c1-10(14-6-7-15(18)26-14)20-21-16(23)9-25-17-19-12-8-11(24-3)4-5-13(12)22(17)2/h4-8H,9H2,1-3H3,(H,21,23)/b20-10-. The van der Waals surface area contributed by atoms with Gasteiger partial charge in [0.15, 0.2) is 5.16 Å². The predicted molar refractivity (Wildman–Crippen MR) is 110 cm³/mol. The molecule has 3 rings (SSSR count). The molecule has 2 heterocycles. The zero-order valence-electron chi connectivity index (χ0n) is 14.4. The Labute approximate surface area is 167 Å². The lowest BCUT2D eigenvalue weighted by Crippen LogP contribution is -2.21. The van der Waals surface area contributed by atoms with Crippen molar-refractivity contribution < 1.29 is 9.53 Å². The van der Waals surface area contributed by atoms with Crippen LogP contribution in [0.25, 0.3) is 11.0 Å². The molecule has 1 N–H and O–H groups in total. The molecule has 136 valence electrons. The average Bonchev–Trinajstić information content (AvgIpc) is 3.21. The van der Waals surface area contributed by atoms with E-state index in [1.165, 1.54) is 11.8 Å². The Kier molecular flexibility index (Phi) is 6.00. The third-order valence-corrected chi connectivity index (χ3v) is 6.42. The van der Waals surface area contributed by atoms with E-state index in [2.05, 4.69) is 31.4 Å². The summed E-state index contributed by atoms with van der Waals surface area (Å²) in [6.45, 7) is 1.87. The summed E-state index contributed by atoms with van der Waals surface area (Å²) < 4.78 is 8.22. The number of imidazole rings is 1. The number of halogens is 1. The Hall–Kier alpha value is -1.84. The number of hydrogen-bond donors (Lipinski definition) is 1. The van der Waals surface area contributed by atoms with Crippen LogP contribution in [0.1, 0.15) is 11.8 Å². The normalized spacial score (nSPS) is 11.8. The number of nitrogens with zero attached hydrogens (tertiary/aromatic N) is 3. The van der Waals surface area contributed by atoms with Gasteiger partial charge < -0.3 is 9.30 Å². The molecule has 0 fully saturated rings. The van der Waals surface area contributed by atoms with E-state index >= 15 is 0 Å². The number of hydrazone groups is 1. The number of fused-ring (bicyclic) bond motifs is 1. The first kappa shape index (κ1) is 18.9. The summed E-state index contributed by atoms with van der Waals surface area (Å²) in [6.07, 6.45) is 0. The first-order valence-electron chi connectivity index (χ1n) is 7.70. The van der Waals surface area contributed by atoms with Crippen LogP contribution in [0.3, 0.4) is 0 Å². The largest absolute Gasteiger partial charge is 0.497 e. The number of amides is 1. The topological polar surface area (TPSA) is 68.5 Å². The van der Waals surface area contributed by atoms with E-state index in [1.807, 2.05) is 48.9 Å². The molecule has 0 radical (unpaired) electrons. The Bertz CT molecular complexity index is 980. The first-order valence-corrected chi connectivity index (χ1v) is 10.3. The number of thioether (sulfide) groups is 1. The number of methoxy groups -OCH3 is 1. The van der Waals surface area contributed by atoms with E-state index in [0.29, 0.717) is 0 Å². The predicted octanol–water partition coefficient (Wildman–Crippen LogP) is 4.04. The number of ether oxygens (including phenoxy) is 1. The van der Waals surface area contributed by atoms with Gasteiger partial charge in [0.2, 0.25) is 0 Å². The first-order chi connectivity index (χ1) is 12.5. The molecule has 0 aliphatic carbocycles. The molecule has 26 heavy (non-hydrogen) atoms. The van der Waals surface area contributed by atoms with E-state index in [9.17, 15) is 4.79 Å². The summed E-state index contributed by atoms with van der Waals surface area (Å²) in [5.74, 6) is 0.823. The fraction of sp³-hybridized carbons (Fsp3) is 0.235. The van der Waals surface area contributed by atoms with Gasteiger partial charge in [0, 0.05) is 13.1 Å². The maximum atomic E-state index is 12.1. The molecule has 0 unspecified atom stereocenters. The van der Waals surface area contributed by atoms with Crippen LogP contribution in [0.5, 0.6) is 5.75 Å². The Morgan fingerprint density at radius 1 is 1.42 bits per heavy atom. The van der Waals surface area contributed by atoms with Crippen LogP contribution in [0.15, 0.2) is 44.4 Å². The monoisotopic (exact) mass is 452 g/mol. The van der Waals surface area contributed by atoms with Crippen molar-refractivity contribution in [2.24, 2.45) is 12.1 Å². The van der Waals surface area contributed by atoms with Gasteiger partial charge >= 0.3 is 0 Å². The molecule has 0 saturated carbocycles. The molecule has 0 spiro atoms. The van der Waals surface area contributed by atoms with Crippen molar-refractivity contribution in [1.29, 1.82) is 0 Å². The number of aryl methyl sites for hydroxylation is 1. The summed E-state index contributed by atoms with van der Waals surface area (Å²) in [6, 6.07) is 9.65. The maximum absolute atomic E-state index is 12.1. The van der Waals surface area contributed by atoms with E-state index < -0.39 is 0 Å². The molecular formula is C17H17BrN4O2S2. The molecular weight excluding hydrogens is 436 g/mol. The highest BCUT2D eigenvalue weighted by Gasteiger charge is 2.11. The van der Waals surface area contributed by atoms with Crippen molar-refractivity contribution in [3.05, 3.63) is 39.0 Å². The lowest BCUT2D eigenvalue weighted by molar-refractivity contribution is -0.118. The minimum Gasteiger partial charge on any atom is -0.497 e. The second-order valence-corrected chi connectivity index (χ2v) is 8.84. The summed E-state index contributed by atoms with van der Waals surface area (Å²) in [4.78, 5) is 17.7. The number of rotatable bonds is 6. The zero-order chi connectivity index (χ0) is 18.7. The van der Waals surface area contributed by atoms with E-state index in [-0.39, 0.29) is 11.7 Å². The molecule has 6 nitrogen and oxygen atoms in total. The summed E-state index contributed by atoms with van der Waals surface area (Å²) in [5, 5.41) is 4.93. The van der Waals surface area contributed by atoms with Crippen LogP contribution >= 0.6 is 39.0 Å². The number of hydrogen-bond acceptors (Lipinski definition) is 6. The van der Waals surface area contributed by atoms with Crippen LogP contribution in [0.2, 0.25) is 0 Å². The summed E-state index contributed by atoms with van der Waals surface area (Å²) in [5.41, 5.74) is 5.20. The number of aromatic nitrogens is 2. The number of thiophene rings is 1. The van der Waals surface area contributed by atoms with Crippen molar-refractivity contribution in [1.82, 2.24) is 15.0 Å². The van der Waals surface area contributed by atoms with Crippen molar-refractivity contribution in [3.8, 4) is 5.75 Å². The van der Waals surface area contributed by atoms with Gasteiger partial charge in [-0.1, -0.05) is 11.8 Å². The number of carbonyl (C=O) groups excluding carboxylic acids is 1. The van der Waals surface area contributed by atoms with Crippen molar-refractivity contribution in [3.63, 3.8) is 0 Å². The Morgan fingerprint density at radius 3 is 2.92 bits per heavy atom. The van der Waals surface area contributed by atoms with E-state index in [1.54, 1.807) is 18.4 Å². The maximum Gasteiger partial charge on any atom is 0.250 e. The van der Waals surface area contributed by atoms with Crippen molar-refractivity contribution in [2.45, 2.75) is 12.1 Å². The van der Waals surface area contributed by atoms with Gasteiger partial charge in [-0.3, -0.25) is 4.79 Å². The molecule has 1 aromatic carbocycles. The Morgan fingerprint density at radius 2 is 2.23 bits per heavy atom. The van der Waals surface area contributed by atoms with Gasteiger partial charge in [0.05, 0.1) is 38.3 Å². The minimum atomic E-state index is -0.172. The van der Waals surface area contributed by atoms with Crippen LogP contribution in [-0.4, -0.2) is 34.0 Å². The van der Waals surface area contributed by atoms with Gasteiger partial charge in [-0.2, -0.15) is 5.10 Å². The van der Waals surface area contributed by atoms with Crippen LogP contribution < -0.4 is 10.2 Å². The minimum absolute atomic E-state index is 0.172. The fourth-order valence-corrected chi connectivity index (χ4v) is 4.40. The zero-order valence-corrected chi connectivity index (χ0v) is 17.7. The highest BCUT2D eigenvalue weighted by molar-refractivity contribution is 9.11. The molecule has 2 aromatic heterocycles. The lowest BCUT2D eigenvalue weighted by atomic mass is 10.3. The van der Waals surface area contributed by atoms with Crippen LogP contribution in [0.4, 0.5) is 0 Å². The highest BCUT2D eigenvalue weighted by Crippen LogP contribution is 2.26. The molecule has 9 heteroatoms. The third-order valence-electron chi connectivity index (χ3n) is 3.66. The van der Waals surface area contributed by atoms with Gasteiger partial charge in [-0.05, 0) is 47.1 Å². The SMILES string of the molecule is COc1ccc2c(c1)nc(SCC(=O)N/N=C(/C)c1ccc(Br)s1)n2C. The number of carbonyl (C=O) groups is 1. The Balaban J connectivity index is 1.62. The van der Waals surface area contributed by atoms with Crippen molar-refractivity contribution in [2.75, 3.05) is 12.9 Å². The number of benzene rings is 1. The third kappa shape index (κ3) is 4.28. The smallest absolute Gasteiger partial charge is 0.250 e. The van der Waals surface area contributed by atoms with Gasteiger partial charge in [-0.25, -0.2) is 10.4 Å². The van der Waals surface area contributed by atoms with Gasteiger partial charge in [0.1, 0.15) is 5.75 Å². The molecule has 0 atom stereocenters. The summed E-state index contributed by atoms with van der Waals surface area (Å²) >= 11 is 6.36. The summed E-state index contributed by atoms with van der Waals surface area (Å²) in [7, 11) is 3.56. The van der Waals surface area contributed by atoms with Gasteiger partial charge in [-0.15, -0.1) is 11.3 Å². The van der Waals surface area contributed by atoms with Crippen LogP contribution in [0, 0.1) is 0 Å². The second kappa shape index (κ2) is 8.24. The molecule has 0 saturated heterocycles. The van der Waals surface area contributed by atoms with E-state index in [4.69, 9.17) is 4.74 Å². The van der Waals surface area contributed by atoms with Crippen molar-refractivity contribution >= 4 is 61.7 Å².